The lowest BCUT2D eigenvalue weighted by atomic mass is 9.90. The van der Waals surface area contributed by atoms with Crippen LogP contribution in [0.15, 0.2) is 51.7 Å². The lowest BCUT2D eigenvalue weighted by Gasteiger charge is -2.22. The molecular formula is C24H24O6. The molecule has 0 bridgehead atoms. The topological polar surface area (TPSA) is 75.0 Å². The van der Waals surface area contributed by atoms with E-state index in [0.717, 1.165) is 35.8 Å². The summed E-state index contributed by atoms with van der Waals surface area (Å²) < 4.78 is 22.6. The Bertz CT molecular complexity index is 1120. The Morgan fingerprint density at radius 3 is 2.50 bits per heavy atom. The van der Waals surface area contributed by atoms with Gasteiger partial charge in [-0.05, 0) is 50.3 Å². The minimum Gasteiger partial charge on any atom is -0.493 e. The number of ether oxygens (including phenoxy) is 3. The summed E-state index contributed by atoms with van der Waals surface area (Å²) >= 11 is 0. The number of rotatable bonds is 6. The molecule has 1 atom stereocenters. The fourth-order valence-electron chi connectivity index (χ4n) is 3.95. The van der Waals surface area contributed by atoms with E-state index >= 15 is 0 Å². The first-order chi connectivity index (χ1) is 14.6. The van der Waals surface area contributed by atoms with E-state index in [1.165, 1.54) is 7.11 Å². The Morgan fingerprint density at radius 2 is 1.80 bits per heavy atom. The normalized spacial score (nSPS) is 14.1. The molecular weight excluding hydrogens is 384 g/mol. The maximum atomic E-state index is 12.7. The van der Waals surface area contributed by atoms with Gasteiger partial charge in [-0.15, -0.1) is 0 Å². The van der Waals surface area contributed by atoms with Crippen LogP contribution in [-0.4, -0.2) is 19.7 Å². The van der Waals surface area contributed by atoms with Gasteiger partial charge >= 0.3 is 11.6 Å². The van der Waals surface area contributed by atoms with Gasteiger partial charge in [0.2, 0.25) is 11.9 Å². The number of carbonyl (C=O) groups excluding carboxylic acids is 1. The third-order valence-electron chi connectivity index (χ3n) is 5.37. The van der Waals surface area contributed by atoms with E-state index in [1.54, 1.807) is 25.1 Å². The number of methoxy groups -OCH3 is 1. The number of esters is 1. The molecule has 0 aliphatic heterocycles. The molecule has 0 spiro atoms. The molecule has 1 heterocycles. The van der Waals surface area contributed by atoms with E-state index in [2.05, 4.69) is 0 Å². The van der Waals surface area contributed by atoms with Crippen molar-refractivity contribution in [3.8, 4) is 11.5 Å². The monoisotopic (exact) mass is 408 g/mol. The predicted octanol–water partition coefficient (Wildman–Crippen LogP) is 4.36. The van der Waals surface area contributed by atoms with Crippen LogP contribution in [0.5, 0.6) is 11.5 Å². The SMILES string of the molecule is CCOC(=O)[C@H](Oc1c(OC)ccc2c3c(c(=O)oc12)CCCC3)c1ccccc1. The Labute approximate surface area is 174 Å². The number of hydrogen-bond donors (Lipinski definition) is 0. The second-order valence-corrected chi connectivity index (χ2v) is 7.19. The highest BCUT2D eigenvalue weighted by Crippen LogP contribution is 2.40. The van der Waals surface area contributed by atoms with Crippen molar-refractivity contribution in [1.29, 1.82) is 0 Å². The number of carbonyl (C=O) groups is 1. The standard InChI is InChI=1S/C24H24O6/c1-3-28-24(26)20(15-9-5-4-6-10-15)29-22-19(27-2)14-13-17-16-11-7-8-12-18(16)23(25)30-21(17)22/h4-6,9-10,13-14,20H,3,7-8,11-12H2,1-2H3/t20-/m1/s1. The number of benzene rings is 2. The highest BCUT2D eigenvalue weighted by atomic mass is 16.6. The molecule has 1 aromatic heterocycles. The minimum absolute atomic E-state index is 0.223. The van der Waals surface area contributed by atoms with Crippen molar-refractivity contribution in [3.05, 3.63) is 69.6 Å². The van der Waals surface area contributed by atoms with Crippen molar-refractivity contribution in [1.82, 2.24) is 0 Å². The second-order valence-electron chi connectivity index (χ2n) is 7.19. The summed E-state index contributed by atoms with van der Waals surface area (Å²) in [6.45, 7) is 1.96. The maximum Gasteiger partial charge on any atom is 0.352 e. The summed E-state index contributed by atoms with van der Waals surface area (Å²) in [4.78, 5) is 25.4. The van der Waals surface area contributed by atoms with E-state index in [-0.39, 0.29) is 18.0 Å². The smallest absolute Gasteiger partial charge is 0.352 e. The van der Waals surface area contributed by atoms with Crippen molar-refractivity contribution < 1.29 is 23.4 Å². The van der Waals surface area contributed by atoms with Gasteiger partial charge in [0.05, 0.1) is 13.7 Å². The zero-order chi connectivity index (χ0) is 21.1. The van der Waals surface area contributed by atoms with E-state index in [1.807, 2.05) is 24.3 Å². The van der Waals surface area contributed by atoms with Gasteiger partial charge in [0.15, 0.2) is 11.3 Å². The molecule has 0 amide bonds. The zero-order valence-corrected chi connectivity index (χ0v) is 17.1. The van der Waals surface area contributed by atoms with Crippen LogP contribution < -0.4 is 15.1 Å². The van der Waals surface area contributed by atoms with Crippen LogP contribution in [0.25, 0.3) is 11.0 Å². The predicted molar refractivity (Wildman–Crippen MR) is 112 cm³/mol. The molecule has 0 unspecified atom stereocenters. The van der Waals surface area contributed by atoms with Crippen molar-refractivity contribution in [2.75, 3.05) is 13.7 Å². The molecule has 0 radical (unpaired) electrons. The highest BCUT2D eigenvalue weighted by molar-refractivity contribution is 5.89. The van der Waals surface area contributed by atoms with Crippen LogP contribution in [0.1, 0.15) is 42.6 Å². The van der Waals surface area contributed by atoms with Gasteiger partial charge in [0, 0.05) is 16.5 Å². The Balaban J connectivity index is 1.88. The van der Waals surface area contributed by atoms with E-state index in [4.69, 9.17) is 18.6 Å². The van der Waals surface area contributed by atoms with E-state index < -0.39 is 12.1 Å². The van der Waals surface area contributed by atoms with Crippen molar-refractivity contribution >= 4 is 16.9 Å². The van der Waals surface area contributed by atoms with Crippen LogP contribution >= 0.6 is 0 Å². The van der Waals surface area contributed by atoms with Gasteiger partial charge in [0.1, 0.15) is 0 Å². The van der Waals surface area contributed by atoms with Crippen molar-refractivity contribution in [2.45, 2.75) is 38.7 Å². The summed E-state index contributed by atoms with van der Waals surface area (Å²) in [5, 5.41) is 0.816. The molecule has 0 fully saturated rings. The van der Waals surface area contributed by atoms with E-state index in [9.17, 15) is 9.59 Å². The Morgan fingerprint density at radius 1 is 1.07 bits per heavy atom. The molecule has 6 nitrogen and oxygen atoms in total. The molecule has 2 aromatic carbocycles. The highest BCUT2D eigenvalue weighted by Gasteiger charge is 2.29. The molecule has 6 heteroatoms. The van der Waals surface area contributed by atoms with Gasteiger partial charge in [-0.2, -0.15) is 0 Å². The third-order valence-corrected chi connectivity index (χ3v) is 5.37. The van der Waals surface area contributed by atoms with Gasteiger partial charge in [0.25, 0.3) is 0 Å². The first-order valence-corrected chi connectivity index (χ1v) is 10.2. The number of aryl methyl sites for hydroxylation is 1. The fraction of sp³-hybridized carbons (Fsp3) is 0.333. The summed E-state index contributed by atoms with van der Waals surface area (Å²) in [5.41, 5.74) is 2.30. The van der Waals surface area contributed by atoms with Crippen molar-refractivity contribution in [2.24, 2.45) is 0 Å². The quantitative estimate of drug-likeness (QED) is 0.446. The van der Waals surface area contributed by atoms with Gasteiger partial charge in [-0.25, -0.2) is 9.59 Å². The van der Waals surface area contributed by atoms with Gasteiger partial charge in [-0.3, -0.25) is 0 Å². The lowest BCUT2D eigenvalue weighted by molar-refractivity contribution is -0.151. The first kappa shape index (κ1) is 20.0. The van der Waals surface area contributed by atoms with E-state index in [0.29, 0.717) is 23.3 Å². The summed E-state index contributed by atoms with van der Waals surface area (Å²) in [6.07, 6.45) is 2.49. The molecule has 156 valence electrons. The van der Waals surface area contributed by atoms with Crippen LogP contribution in [-0.2, 0) is 22.4 Å². The Hall–Kier alpha value is -3.28. The Kier molecular flexibility index (Phi) is 5.74. The zero-order valence-electron chi connectivity index (χ0n) is 17.1. The first-order valence-electron chi connectivity index (χ1n) is 10.2. The molecule has 3 aromatic rings. The van der Waals surface area contributed by atoms with Gasteiger partial charge < -0.3 is 18.6 Å². The number of fused-ring (bicyclic) bond motifs is 3. The summed E-state index contributed by atoms with van der Waals surface area (Å²) in [5.74, 6) is 0.0806. The summed E-state index contributed by atoms with van der Waals surface area (Å²) in [6, 6.07) is 12.7. The molecule has 30 heavy (non-hydrogen) atoms. The molecule has 0 saturated carbocycles. The average Bonchev–Trinajstić information content (AvgIpc) is 2.78. The largest absolute Gasteiger partial charge is 0.493 e. The maximum absolute atomic E-state index is 12.7. The molecule has 0 N–H and O–H groups in total. The second kappa shape index (κ2) is 8.61. The number of hydrogen-bond acceptors (Lipinski definition) is 6. The summed E-state index contributed by atoms with van der Waals surface area (Å²) in [7, 11) is 1.51. The molecule has 1 aliphatic carbocycles. The fourth-order valence-corrected chi connectivity index (χ4v) is 3.95. The van der Waals surface area contributed by atoms with Crippen LogP contribution in [0.4, 0.5) is 0 Å². The average molecular weight is 408 g/mol. The molecule has 4 rings (SSSR count). The lowest BCUT2D eigenvalue weighted by Crippen LogP contribution is -2.22. The van der Waals surface area contributed by atoms with Gasteiger partial charge in [-0.1, -0.05) is 30.3 Å². The van der Waals surface area contributed by atoms with Crippen molar-refractivity contribution in [3.63, 3.8) is 0 Å². The van der Waals surface area contributed by atoms with Crippen LogP contribution in [0.2, 0.25) is 0 Å². The minimum atomic E-state index is -1.02. The third kappa shape index (κ3) is 3.65. The molecule has 0 saturated heterocycles. The van der Waals surface area contributed by atoms with Crippen LogP contribution in [0, 0.1) is 0 Å². The molecule has 1 aliphatic rings. The van der Waals surface area contributed by atoms with Crippen LogP contribution in [0.3, 0.4) is 0 Å².